The van der Waals surface area contributed by atoms with Gasteiger partial charge in [-0.05, 0) is 54.7 Å². The largest absolute Gasteiger partial charge is 0.393 e. The van der Waals surface area contributed by atoms with Gasteiger partial charge in [0, 0.05) is 21.8 Å². The normalized spacial score (nSPS) is 15.2. The van der Waals surface area contributed by atoms with E-state index < -0.39 is 5.92 Å². The number of aromatic nitrogens is 2. The molecule has 0 bridgehead atoms. The summed E-state index contributed by atoms with van der Waals surface area (Å²) in [5.74, 6) is 0.668. The third kappa shape index (κ3) is 5.55. The third-order valence-corrected chi connectivity index (χ3v) is 6.90. The predicted molar refractivity (Wildman–Crippen MR) is 140 cm³/mol. The molecule has 0 radical (unpaired) electrons. The van der Waals surface area contributed by atoms with Crippen LogP contribution < -0.4 is 16.4 Å². The van der Waals surface area contributed by atoms with Gasteiger partial charge in [0.1, 0.15) is 12.0 Å². The molecule has 34 heavy (non-hydrogen) atoms. The first-order valence-corrected chi connectivity index (χ1v) is 12.3. The second-order valence-corrected chi connectivity index (χ2v) is 9.59. The number of rotatable bonds is 6. The second-order valence-electron chi connectivity index (χ2n) is 8.74. The Labute approximate surface area is 210 Å². The lowest BCUT2D eigenvalue weighted by Gasteiger charge is -2.20. The van der Waals surface area contributed by atoms with E-state index >= 15 is 0 Å². The van der Waals surface area contributed by atoms with E-state index in [0.29, 0.717) is 33.4 Å². The Hall–Kier alpha value is -3.01. The number of anilines is 4. The van der Waals surface area contributed by atoms with E-state index in [2.05, 4.69) is 26.7 Å². The van der Waals surface area contributed by atoms with Crippen molar-refractivity contribution in [3.8, 4) is 6.07 Å². The summed E-state index contributed by atoms with van der Waals surface area (Å²) in [4.78, 5) is 8.73. The van der Waals surface area contributed by atoms with Gasteiger partial charge in [-0.15, -0.1) is 0 Å². The Balaban J connectivity index is 1.57. The fourth-order valence-electron chi connectivity index (χ4n) is 4.39. The molecule has 4 N–H and O–H groups in total. The highest BCUT2D eigenvalue weighted by atomic mass is 35.5. The first-order chi connectivity index (χ1) is 16.5. The minimum Gasteiger partial charge on any atom is -0.393 e. The highest BCUT2D eigenvalue weighted by Crippen LogP contribution is 2.36. The average molecular weight is 495 g/mol. The summed E-state index contributed by atoms with van der Waals surface area (Å²) < 4.78 is 0. The van der Waals surface area contributed by atoms with Crippen LogP contribution in [0.2, 0.25) is 10.0 Å². The van der Waals surface area contributed by atoms with E-state index in [0.717, 1.165) is 35.2 Å². The van der Waals surface area contributed by atoms with E-state index in [4.69, 9.17) is 28.9 Å². The van der Waals surface area contributed by atoms with E-state index in [9.17, 15) is 5.26 Å². The first-order valence-electron chi connectivity index (χ1n) is 11.6. The second kappa shape index (κ2) is 10.9. The standard InChI is InChI=1S/C26H28Cl2N6/c1-16-12-20(21(14-29)17-8-10-18(27)11-9-17)22(28)13-23(16)34-26-24(30)25(31-15-32-26)33-19-6-4-2-3-5-7-19/h8-13,15,19,21H,2-7,30H2,1H3,(H2,31,32,33,34). The number of hydrogen-bond donors (Lipinski definition) is 3. The maximum atomic E-state index is 9.84. The topological polar surface area (TPSA) is 99.6 Å². The summed E-state index contributed by atoms with van der Waals surface area (Å²) in [6.45, 7) is 1.96. The van der Waals surface area contributed by atoms with Gasteiger partial charge in [-0.1, -0.05) is 67.1 Å². The van der Waals surface area contributed by atoms with Crippen molar-refractivity contribution in [2.24, 2.45) is 0 Å². The minimum absolute atomic E-state index is 0.374. The van der Waals surface area contributed by atoms with Gasteiger partial charge < -0.3 is 16.4 Å². The molecule has 1 aromatic heterocycles. The Morgan fingerprint density at radius 3 is 2.38 bits per heavy atom. The molecule has 1 unspecified atom stereocenters. The molecule has 3 aromatic rings. The van der Waals surface area contributed by atoms with Gasteiger partial charge in [0.25, 0.3) is 0 Å². The van der Waals surface area contributed by atoms with Gasteiger partial charge in [-0.3, -0.25) is 0 Å². The van der Waals surface area contributed by atoms with Gasteiger partial charge in [0.05, 0.1) is 12.0 Å². The van der Waals surface area contributed by atoms with Crippen LogP contribution in [-0.4, -0.2) is 16.0 Å². The molecule has 1 aliphatic carbocycles. The fourth-order valence-corrected chi connectivity index (χ4v) is 4.79. The summed E-state index contributed by atoms with van der Waals surface area (Å²) >= 11 is 12.6. The maximum Gasteiger partial charge on any atom is 0.159 e. The van der Waals surface area contributed by atoms with E-state index in [1.54, 1.807) is 12.1 Å². The van der Waals surface area contributed by atoms with Crippen molar-refractivity contribution in [3.63, 3.8) is 0 Å². The predicted octanol–water partition coefficient (Wildman–Crippen LogP) is 7.21. The van der Waals surface area contributed by atoms with E-state index in [1.165, 1.54) is 32.0 Å². The summed E-state index contributed by atoms with van der Waals surface area (Å²) in [7, 11) is 0. The van der Waals surface area contributed by atoms with Crippen molar-refractivity contribution in [3.05, 3.63) is 69.5 Å². The number of benzene rings is 2. The molecular formula is C26H28Cl2N6. The van der Waals surface area contributed by atoms with Gasteiger partial charge in [0.15, 0.2) is 11.6 Å². The van der Waals surface area contributed by atoms with Crippen LogP contribution in [0.4, 0.5) is 23.0 Å². The van der Waals surface area contributed by atoms with Crippen LogP contribution in [0.5, 0.6) is 0 Å². The molecule has 1 fully saturated rings. The first kappa shape index (κ1) is 24.1. The number of nitrogen functional groups attached to an aromatic ring is 1. The van der Waals surface area contributed by atoms with Gasteiger partial charge in [-0.2, -0.15) is 5.26 Å². The molecule has 1 heterocycles. The van der Waals surface area contributed by atoms with Crippen molar-refractivity contribution in [2.45, 2.75) is 57.4 Å². The maximum absolute atomic E-state index is 9.84. The molecule has 1 aliphatic rings. The van der Waals surface area contributed by atoms with E-state index in [1.807, 2.05) is 31.2 Å². The molecular weight excluding hydrogens is 467 g/mol. The van der Waals surface area contributed by atoms with Crippen LogP contribution in [0.25, 0.3) is 0 Å². The Bertz CT molecular complexity index is 1180. The molecule has 176 valence electrons. The van der Waals surface area contributed by atoms with Crippen molar-refractivity contribution in [2.75, 3.05) is 16.4 Å². The molecule has 0 amide bonds. The van der Waals surface area contributed by atoms with Crippen molar-refractivity contribution >= 4 is 46.2 Å². The lowest BCUT2D eigenvalue weighted by atomic mass is 9.91. The summed E-state index contributed by atoms with van der Waals surface area (Å²) in [6.07, 6.45) is 8.76. The molecule has 0 spiro atoms. The van der Waals surface area contributed by atoms with Crippen LogP contribution in [-0.2, 0) is 0 Å². The molecule has 8 heteroatoms. The smallest absolute Gasteiger partial charge is 0.159 e. The zero-order valence-corrected chi connectivity index (χ0v) is 20.6. The zero-order valence-electron chi connectivity index (χ0n) is 19.1. The number of nitrogens with two attached hydrogens (primary N) is 1. The molecule has 4 rings (SSSR count). The summed E-state index contributed by atoms with van der Waals surface area (Å²) in [5.41, 5.74) is 10.2. The number of nitrogens with one attached hydrogen (secondary N) is 2. The molecule has 0 aliphatic heterocycles. The minimum atomic E-state index is -0.503. The lowest BCUT2D eigenvalue weighted by molar-refractivity contribution is 0.618. The lowest BCUT2D eigenvalue weighted by Crippen LogP contribution is -2.20. The Morgan fingerprint density at radius 2 is 1.71 bits per heavy atom. The van der Waals surface area contributed by atoms with E-state index in [-0.39, 0.29) is 0 Å². The summed E-state index contributed by atoms with van der Waals surface area (Å²) in [5, 5.41) is 17.8. The van der Waals surface area contributed by atoms with Gasteiger partial charge in [0.2, 0.25) is 0 Å². The summed E-state index contributed by atoms with van der Waals surface area (Å²) in [6, 6.07) is 13.7. The van der Waals surface area contributed by atoms with Crippen LogP contribution in [0.1, 0.15) is 61.1 Å². The highest BCUT2D eigenvalue weighted by Gasteiger charge is 2.20. The van der Waals surface area contributed by atoms with Crippen molar-refractivity contribution in [1.29, 1.82) is 5.26 Å². The number of nitriles is 1. The number of hydrogen-bond acceptors (Lipinski definition) is 6. The van der Waals surface area contributed by atoms with Crippen molar-refractivity contribution in [1.82, 2.24) is 9.97 Å². The Kier molecular flexibility index (Phi) is 7.77. The molecule has 1 saturated carbocycles. The molecule has 6 nitrogen and oxygen atoms in total. The quantitative estimate of drug-likeness (QED) is 0.313. The third-order valence-electron chi connectivity index (χ3n) is 6.32. The van der Waals surface area contributed by atoms with Gasteiger partial charge in [-0.25, -0.2) is 9.97 Å². The molecule has 2 aromatic carbocycles. The van der Waals surface area contributed by atoms with Crippen LogP contribution in [0.15, 0.2) is 42.7 Å². The van der Waals surface area contributed by atoms with Gasteiger partial charge >= 0.3 is 0 Å². The number of nitrogens with zero attached hydrogens (tertiary/aromatic N) is 3. The number of aryl methyl sites for hydroxylation is 1. The van der Waals surface area contributed by atoms with Crippen LogP contribution >= 0.6 is 23.2 Å². The molecule has 0 saturated heterocycles. The number of halogens is 2. The monoisotopic (exact) mass is 494 g/mol. The SMILES string of the molecule is Cc1cc(C(C#N)c2ccc(Cl)cc2)c(Cl)cc1Nc1ncnc(NC2CCCCCC2)c1N. The zero-order chi connectivity index (χ0) is 24.1. The fraction of sp³-hybridized carbons (Fsp3) is 0.346. The van der Waals surface area contributed by atoms with Crippen LogP contribution in [0, 0.1) is 18.3 Å². The van der Waals surface area contributed by atoms with Crippen LogP contribution in [0.3, 0.4) is 0 Å². The highest BCUT2D eigenvalue weighted by molar-refractivity contribution is 6.32. The molecule has 1 atom stereocenters. The average Bonchev–Trinajstić information content (AvgIpc) is 3.10. The Morgan fingerprint density at radius 1 is 1.03 bits per heavy atom. The van der Waals surface area contributed by atoms with Crippen molar-refractivity contribution < 1.29 is 0 Å².